The number of hydrogen-bond acceptors (Lipinski definition) is 4. The lowest BCUT2D eigenvalue weighted by Gasteiger charge is -2.36. The van der Waals surface area contributed by atoms with Gasteiger partial charge in [-0.25, -0.2) is 4.79 Å². The first-order valence-electron chi connectivity index (χ1n) is 9.39. The molecule has 3 amide bonds. The van der Waals surface area contributed by atoms with Crippen LogP contribution in [0, 0.1) is 0 Å². The third-order valence-corrected chi connectivity index (χ3v) is 4.50. The van der Waals surface area contributed by atoms with E-state index in [1.165, 1.54) is 0 Å². The molecule has 0 spiro atoms. The Labute approximate surface area is 155 Å². The predicted molar refractivity (Wildman–Crippen MR) is 102 cm³/mol. The van der Waals surface area contributed by atoms with E-state index < -0.39 is 6.03 Å². The molecule has 0 atom stereocenters. The fourth-order valence-corrected chi connectivity index (χ4v) is 3.14. The number of nitrogens with one attached hydrogen (secondary N) is 1. The van der Waals surface area contributed by atoms with Gasteiger partial charge in [0.1, 0.15) is 5.75 Å². The number of piperazine rings is 1. The highest BCUT2D eigenvalue weighted by Crippen LogP contribution is 2.28. The van der Waals surface area contributed by atoms with Crippen molar-refractivity contribution in [2.24, 2.45) is 5.73 Å². The van der Waals surface area contributed by atoms with Gasteiger partial charge in [0, 0.05) is 39.1 Å². The first-order valence-corrected chi connectivity index (χ1v) is 9.39. The number of nitrogens with zero attached hydrogens (tertiary/aromatic N) is 2. The highest BCUT2D eigenvalue weighted by Gasteiger charge is 2.22. The van der Waals surface area contributed by atoms with Crippen LogP contribution in [-0.4, -0.2) is 56.2 Å². The monoisotopic (exact) mass is 362 g/mol. The van der Waals surface area contributed by atoms with Crippen molar-refractivity contribution in [3.8, 4) is 5.75 Å². The second-order valence-electron chi connectivity index (χ2n) is 6.37. The van der Waals surface area contributed by atoms with Crippen molar-refractivity contribution in [3.05, 3.63) is 24.3 Å². The molecule has 0 radical (unpaired) electrons. The van der Waals surface area contributed by atoms with Crippen LogP contribution < -0.4 is 20.7 Å². The minimum Gasteiger partial charge on any atom is -0.492 e. The summed E-state index contributed by atoms with van der Waals surface area (Å²) in [6.07, 6.45) is 3.16. The van der Waals surface area contributed by atoms with Gasteiger partial charge in [-0.3, -0.25) is 4.79 Å². The van der Waals surface area contributed by atoms with Crippen molar-refractivity contribution in [3.63, 3.8) is 0 Å². The van der Waals surface area contributed by atoms with E-state index in [2.05, 4.69) is 16.3 Å². The van der Waals surface area contributed by atoms with Gasteiger partial charge < -0.3 is 25.6 Å². The maximum atomic E-state index is 12.3. The summed E-state index contributed by atoms with van der Waals surface area (Å²) in [5.41, 5.74) is 6.11. The lowest BCUT2D eigenvalue weighted by molar-refractivity contribution is -0.131. The maximum Gasteiger partial charge on any atom is 0.312 e. The highest BCUT2D eigenvalue weighted by atomic mass is 16.5. The molecule has 7 heteroatoms. The second-order valence-corrected chi connectivity index (χ2v) is 6.37. The summed E-state index contributed by atoms with van der Waals surface area (Å²) in [4.78, 5) is 27.1. The van der Waals surface area contributed by atoms with Gasteiger partial charge in [-0.2, -0.15) is 0 Å². The number of amides is 3. The molecule has 144 valence electrons. The summed E-state index contributed by atoms with van der Waals surface area (Å²) in [6, 6.07) is 7.56. The molecule has 1 aromatic carbocycles. The normalized spacial score (nSPS) is 14.2. The number of hydrogen-bond donors (Lipinski definition) is 2. The van der Waals surface area contributed by atoms with E-state index in [-0.39, 0.29) is 5.91 Å². The summed E-state index contributed by atoms with van der Waals surface area (Å²) in [5.74, 6) is 1.12. The Hall–Kier alpha value is -2.44. The lowest BCUT2D eigenvalue weighted by atomic mass is 10.1. The molecule has 0 bridgehead atoms. The molecule has 1 heterocycles. The summed E-state index contributed by atoms with van der Waals surface area (Å²) in [7, 11) is 0. The minimum absolute atomic E-state index is 0.214. The first kappa shape index (κ1) is 19.9. The van der Waals surface area contributed by atoms with Crippen molar-refractivity contribution in [1.29, 1.82) is 0 Å². The molecule has 1 aliphatic heterocycles. The van der Waals surface area contributed by atoms with Gasteiger partial charge in [0.2, 0.25) is 5.91 Å². The average Bonchev–Trinajstić information content (AvgIpc) is 2.65. The minimum atomic E-state index is -0.496. The first-order chi connectivity index (χ1) is 12.6. The smallest absolute Gasteiger partial charge is 0.312 e. The Bertz CT molecular complexity index is 586. The van der Waals surface area contributed by atoms with Crippen LogP contribution in [0.25, 0.3) is 0 Å². The van der Waals surface area contributed by atoms with Crippen molar-refractivity contribution in [2.45, 2.75) is 32.6 Å². The van der Waals surface area contributed by atoms with Crippen LogP contribution in [0.15, 0.2) is 24.3 Å². The number of carbonyl (C=O) groups is 2. The molecule has 1 fully saturated rings. The van der Waals surface area contributed by atoms with Crippen molar-refractivity contribution >= 4 is 17.6 Å². The van der Waals surface area contributed by atoms with Crippen LogP contribution in [0.1, 0.15) is 32.6 Å². The number of ether oxygens (including phenoxy) is 1. The molecule has 26 heavy (non-hydrogen) atoms. The Morgan fingerprint density at radius 3 is 2.54 bits per heavy atom. The van der Waals surface area contributed by atoms with E-state index in [1.54, 1.807) is 0 Å². The van der Waals surface area contributed by atoms with Gasteiger partial charge in [-0.05, 0) is 31.9 Å². The topological polar surface area (TPSA) is 87.9 Å². The molecule has 1 aromatic rings. The van der Waals surface area contributed by atoms with Crippen LogP contribution in [0.3, 0.4) is 0 Å². The van der Waals surface area contributed by atoms with E-state index in [1.807, 2.05) is 30.0 Å². The number of unbranched alkanes of at least 4 members (excludes halogenated alkanes) is 2. The molecule has 2 rings (SSSR count). The Morgan fingerprint density at radius 2 is 1.85 bits per heavy atom. The van der Waals surface area contributed by atoms with Crippen LogP contribution in [0.5, 0.6) is 5.75 Å². The fraction of sp³-hybridized carbons (Fsp3) is 0.579. The molecule has 7 nitrogen and oxygen atoms in total. The number of rotatable bonds is 9. The molecule has 3 N–H and O–H groups in total. The summed E-state index contributed by atoms with van der Waals surface area (Å²) in [5, 5.41) is 2.56. The number of benzene rings is 1. The van der Waals surface area contributed by atoms with Gasteiger partial charge in [0.05, 0.1) is 12.3 Å². The molecule has 0 saturated carbocycles. The number of primary amides is 1. The molecule has 0 unspecified atom stereocenters. The molecular weight excluding hydrogens is 332 g/mol. The van der Waals surface area contributed by atoms with Crippen molar-refractivity contribution < 1.29 is 14.3 Å². The molecule has 0 aliphatic carbocycles. The second kappa shape index (κ2) is 10.5. The zero-order chi connectivity index (χ0) is 18.8. The zero-order valence-corrected chi connectivity index (χ0v) is 15.6. The van der Waals surface area contributed by atoms with E-state index in [0.717, 1.165) is 56.9 Å². The van der Waals surface area contributed by atoms with Crippen LogP contribution in [0.4, 0.5) is 10.5 Å². The van der Waals surface area contributed by atoms with Gasteiger partial charge in [0.25, 0.3) is 0 Å². The Balaban J connectivity index is 1.71. The van der Waals surface area contributed by atoms with Gasteiger partial charge in [-0.1, -0.05) is 18.6 Å². The molecular formula is C19H30N4O3. The third kappa shape index (κ3) is 6.13. The predicted octanol–water partition coefficient (Wildman–Crippen LogP) is 1.96. The number of carbonyl (C=O) groups excluding carboxylic acids is 2. The zero-order valence-electron chi connectivity index (χ0n) is 15.6. The van der Waals surface area contributed by atoms with Crippen LogP contribution in [-0.2, 0) is 4.79 Å². The summed E-state index contributed by atoms with van der Waals surface area (Å²) >= 11 is 0. The van der Waals surface area contributed by atoms with E-state index in [4.69, 9.17) is 10.5 Å². The quantitative estimate of drug-likeness (QED) is 0.658. The highest BCUT2D eigenvalue weighted by molar-refractivity contribution is 5.76. The maximum absolute atomic E-state index is 12.3. The number of para-hydroxylation sites is 2. The standard InChI is InChI=1S/C19H30N4O3/c1-2-26-17-9-6-5-8-16(17)22-12-14-23(15-13-22)18(24)10-4-3-7-11-21-19(20)25/h5-6,8-9H,2-4,7,10-15H2,1H3,(H3,20,21,25). The SMILES string of the molecule is CCOc1ccccc1N1CCN(C(=O)CCCCCNC(N)=O)CC1. The molecule has 1 saturated heterocycles. The van der Waals surface area contributed by atoms with E-state index >= 15 is 0 Å². The van der Waals surface area contributed by atoms with Crippen molar-refractivity contribution in [2.75, 3.05) is 44.2 Å². The van der Waals surface area contributed by atoms with E-state index in [0.29, 0.717) is 19.6 Å². The largest absolute Gasteiger partial charge is 0.492 e. The third-order valence-electron chi connectivity index (χ3n) is 4.50. The number of nitrogens with two attached hydrogens (primary N) is 1. The van der Waals surface area contributed by atoms with Gasteiger partial charge in [-0.15, -0.1) is 0 Å². The number of anilines is 1. The molecule has 1 aliphatic rings. The fourth-order valence-electron chi connectivity index (χ4n) is 3.14. The number of urea groups is 1. The van der Waals surface area contributed by atoms with Gasteiger partial charge in [0.15, 0.2) is 0 Å². The van der Waals surface area contributed by atoms with Crippen LogP contribution in [0.2, 0.25) is 0 Å². The summed E-state index contributed by atoms with van der Waals surface area (Å²) in [6.45, 7) is 6.31. The Morgan fingerprint density at radius 1 is 1.12 bits per heavy atom. The van der Waals surface area contributed by atoms with E-state index in [9.17, 15) is 9.59 Å². The lowest BCUT2D eigenvalue weighted by Crippen LogP contribution is -2.48. The van der Waals surface area contributed by atoms with Crippen molar-refractivity contribution in [1.82, 2.24) is 10.2 Å². The van der Waals surface area contributed by atoms with Gasteiger partial charge >= 0.3 is 6.03 Å². The summed E-state index contributed by atoms with van der Waals surface area (Å²) < 4.78 is 5.71. The van der Waals surface area contributed by atoms with Crippen LogP contribution >= 0.6 is 0 Å². The Kier molecular flexibility index (Phi) is 8.05. The average molecular weight is 362 g/mol. The molecule has 0 aromatic heterocycles.